The standard InChI is InChI=1S/C23H15NO5S/c1-14-6-11-19(29-23(26)15-7-9-17(10-8-15)24(27)28)16(12-14)13-21-22(25)18-4-2-3-5-20(18)30-21/h2-13H,1H3/b21-13-. The number of benzene rings is 3. The number of esters is 1. The average Bonchev–Trinajstić information content (AvgIpc) is 3.05. The normalized spacial score (nSPS) is 13.9. The maximum absolute atomic E-state index is 12.7. The monoisotopic (exact) mass is 417 g/mol. The van der Waals surface area contributed by atoms with Crippen LogP contribution in [0, 0.1) is 17.0 Å². The Balaban J connectivity index is 1.62. The number of fused-ring (bicyclic) bond motifs is 1. The van der Waals surface area contributed by atoms with Gasteiger partial charge in [-0.05, 0) is 49.4 Å². The van der Waals surface area contributed by atoms with Gasteiger partial charge in [-0.15, -0.1) is 0 Å². The Morgan fingerprint density at radius 1 is 1.07 bits per heavy atom. The van der Waals surface area contributed by atoms with Gasteiger partial charge in [0.1, 0.15) is 5.75 Å². The van der Waals surface area contributed by atoms with E-state index in [-0.39, 0.29) is 17.0 Å². The summed E-state index contributed by atoms with van der Waals surface area (Å²) < 4.78 is 5.54. The number of thioether (sulfide) groups is 1. The van der Waals surface area contributed by atoms with E-state index in [0.29, 0.717) is 21.8 Å². The van der Waals surface area contributed by atoms with E-state index in [9.17, 15) is 19.7 Å². The first-order chi connectivity index (χ1) is 14.4. The summed E-state index contributed by atoms with van der Waals surface area (Å²) in [6.45, 7) is 1.91. The van der Waals surface area contributed by atoms with E-state index in [1.807, 2.05) is 31.2 Å². The molecular weight excluding hydrogens is 402 g/mol. The molecule has 7 heteroatoms. The van der Waals surface area contributed by atoms with Crippen LogP contribution in [0.2, 0.25) is 0 Å². The maximum Gasteiger partial charge on any atom is 0.343 e. The van der Waals surface area contributed by atoms with Crippen LogP contribution in [-0.4, -0.2) is 16.7 Å². The number of allylic oxidation sites excluding steroid dienone is 1. The van der Waals surface area contributed by atoms with Crippen LogP contribution in [0.4, 0.5) is 5.69 Å². The summed E-state index contributed by atoms with van der Waals surface area (Å²) in [5.41, 5.74) is 2.30. The van der Waals surface area contributed by atoms with Gasteiger partial charge >= 0.3 is 5.97 Å². The van der Waals surface area contributed by atoms with E-state index in [1.54, 1.807) is 24.3 Å². The molecule has 0 fully saturated rings. The van der Waals surface area contributed by atoms with Gasteiger partial charge in [-0.3, -0.25) is 14.9 Å². The number of rotatable bonds is 4. The van der Waals surface area contributed by atoms with Crippen molar-refractivity contribution in [2.45, 2.75) is 11.8 Å². The summed E-state index contributed by atoms with van der Waals surface area (Å²) in [6.07, 6.45) is 1.72. The van der Waals surface area contributed by atoms with Crippen molar-refractivity contribution in [3.63, 3.8) is 0 Å². The molecule has 0 bridgehead atoms. The molecule has 3 aromatic rings. The molecule has 0 unspecified atom stereocenters. The topological polar surface area (TPSA) is 86.5 Å². The predicted molar refractivity (Wildman–Crippen MR) is 114 cm³/mol. The van der Waals surface area contributed by atoms with E-state index in [4.69, 9.17) is 4.74 Å². The smallest absolute Gasteiger partial charge is 0.343 e. The maximum atomic E-state index is 12.7. The van der Waals surface area contributed by atoms with Crippen molar-refractivity contribution in [3.05, 3.63) is 104 Å². The molecule has 0 amide bonds. The molecule has 0 N–H and O–H groups in total. The summed E-state index contributed by atoms with van der Waals surface area (Å²) in [4.78, 5) is 36.9. The Morgan fingerprint density at radius 3 is 2.50 bits per heavy atom. The van der Waals surface area contributed by atoms with Crippen LogP contribution >= 0.6 is 11.8 Å². The van der Waals surface area contributed by atoms with Gasteiger partial charge in [0.15, 0.2) is 0 Å². The fraction of sp³-hybridized carbons (Fsp3) is 0.0435. The van der Waals surface area contributed by atoms with Gasteiger partial charge < -0.3 is 4.74 Å². The first-order valence-electron chi connectivity index (χ1n) is 9.03. The fourth-order valence-electron chi connectivity index (χ4n) is 3.03. The van der Waals surface area contributed by atoms with Crippen LogP contribution < -0.4 is 4.74 Å². The molecule has 3 aromatic carbocycles. The number of aryl methyl sites for hydroxylation is 1. The minimum absolute atomic E-state index is 0.0650. The van der Waals surface area contributed by atoms with Crippen molar-refractivity contribution in [2.75, 3.05) is 0 Å². The van der Waals surface area contributed by atoms with Crippen LogP contribution in [0.25, 0.3) is 6.08 Å². The number of hydrogen-bond acceptors (Lipinski definition) is 6. The van der Waals surface area contributed by atoms with Gasteiger partial charge in [0.25, 0.3) is 5.69 Å². The van der Waals surface area contributed by atoms with Crippen molar-refractivity contribution >= 4 is 35.3 Å². The molecule has 0 spiro atoms. The molecule has 6 nitrogen and oxygen atoms in total. The van der Waals surface area contributed by atoms with E-state index < -0.39 is 10.9 Å². The van der Waals surface area contributed by atoms with Crippen molar-refractivity contribution in [1.29, 1.82) is 0 Å². The highest BCUT2D eigenvalue weighted by Crippen LogP contribution is 2.41. The third-order valence-electron chi connectivity index (χ3n) is 4.54. The number of carbonyl (C=O) groups is 2. The summed E-state index contributed by atoms with van der Waals surface area (Å²) >= 11 is 1.38. The van der Waals surface area contributed by atoms with Gasteiger partial charge in [0.2, 0.25) is 5.78 Å². The number of hydrogen-bond donors (Lipinski definition) is 0. The second-order valence-electron chi connectivity index (χ2n) is 6.67. The third-order valence-corrected chi connectivity index (χ3v) is 5.64. The highest BCUT2D eigenvalue weighted by atomic mass is 32.2. The Kier molecular flexibility index (Phi) is 5.20. The van der Waals surface area contributed by atoms with Crippen molar-refractivity contribution in [1.82, 2.24) is 0 Å². The molecule has 1 aliphatic rings. The minimum atomic E-state index is -0.637. The van der Waals surface area contributed by atoms with Gasteiger partial charge in [0.05, 0.1) is 15.4 Å². The lowest BCUT2D eigenvalue weighted by molar-refractivity contribution is -0.384. The molecule has 0 radical (unpaired) electrons. The molecule has 4 rings (SSSR count). The molecule has 30 heavy (non-hydrogen) atoms. The molecule has 0 saturated heterocycles. The highest BCUT2D eigenvalue weighted by molar-refractivity contribution is 8.04. The lowest BCUT2D eigenvalue weighted by atomic mass is 10.1. The quantitative estimate of drug-likeness (QED) is 0.184. The van der Waals surface area contributed by atoms with Gasteiger partial charge in [-0.1, -0.05) is 35.5 Å². The number of carbonyl (C=O) groups excluding carboxylic acids is 2. The van der Waals surface area contributed by atoms with Gasteiger partial charge in [-0.2, -0.15) is 0 Å². The zero-order valence-electron chi connectivity index (χ0n) is 15.8. The molecule has 148 valence electrons. The molecular formula is C23H15NO5S. The van der Waals surface area contributed by atoms with E-state index in [1.165, 1.54) is 36.0 Å². The first-order valence-corrected chi connectivity index (χ1v) is 9.84. The summed E-state index contributed by atoms with van der Waals surface area (Å²) in [5.74, 6) is -0.396. The zero-order chi connectivity index (χ0) is 21.3. The largest absolute Gasteiger partial charge is 0.422 e. The van der Waals surface area contributed by atoms with Crippen molar-refractivity contribution in [3.8, 4) is 5.75 Å². The second-order valence-corrected chi connectivity index (χ2v) is 7.75. The predicted octanol–water partition coefficient (Wildman–Crippen LogP) is 5.45. The SMILES string of the molecule is Cc1ccc(OC(=O)c2ccc([N+](=O)[O-])cc2)c(/C=C2\Sc3ccccc3C2=O)c1. The van der Waals surface area contributed by atoms with Crippen molar-refractivity contribution < 1.29 is 19.2 Å². The second kappa shape index (κ2) is 7.96. The number of non-ortho nitro benzene ring substituents is 1. The molecule has 0 aliphatic carbocycles. The average molecular weight is 417 g/mol. The van der Waals surface area contributed by atoms with E-state index in [0.717, 1.165) is 10.5 Å². The first kappa shape index (κ1) is 19.6. The summed E-state index contributed by atoms with van der Waals surface area (Å²) in [6, 6.07) is 17.9. The van der Waals surface area contributed by atoms with Crippen LogP contribution in [0.5, 0.6) is 5.75 Å². The number of nitro groups is 1. The highest BCUT2D eigenvalue weighted by Gasteiger charge is 2.25. The van der Waals surface area contributed by atoms with Crippen LogP contribution in [0.15, 0.2) is 76.5 Å². The lowest BCUT2D eigenvalue weighted by Gasteiger charge is -2.09. The Morgan fingerprint density at radius 2 is 1.80 bits per heavy atom. The number of nitro benzene ring substituents is 1. The van der Waals surface area contributed by atoms with Gasteiger partial charge in [0, 0.05) is 28.2 Å². The van der Waals surface area contributed by atoms with Gasteiger partial charge in [-0.25, -0.2) is 4.79 Å². The Labute approximate surface area is 176 Å². The molecule has 0 saturated carbocycles. The summed E-state index contributed by atoms with van der Waals surface area (Å²) in [5, 5.41) is 10.8. The number of ketones is 1. The van der Waals surface area contributed by atoms with E-state index >= 15 is 0 Å². The number of Topliss-reactive ketones (excluding diaryl/α,β-unsaturated/α-hetero) is 1. The van der Waals surface area contributed by atoms with Crippen LogP contribution in [0.1, 0.15) is 31.8 Å². The van der Waals surface area contributed by atoms with Crippen LogP contribution in [0.3, 0.4) is 0 Å². The van der Waals surface area contributed by atoms with Crippen LogP contribution in [-0.2, 0) is 0 Å². The number of ether oxygens (including phenoxy) is 1. The number of nitrogens with zero attached hydrogens (tertiary/aromatic N) is 1. The molecule has 0 atom stereocenters. The van der Waals surface area contributed by atoms with E-state index in [2.05, 4.69) is 0 Å². The summed E-state index contributed by atoms with van der Waals surface area (Å²) in [7, 11) is 0. The Hall–Kier alpha value is -3.71. The Bertz CT molecular complexity index is 1210. The molecule has 1 heterocycles. The lowest BCUT2D eigenvalue weighted by Crippen LogP contribution is -2.09. The third kappa shape index (κ3) is 3.88. The zero-order valence-corrected chi connectivity index (χ0v) is 16.6. The molecule has 0 aromatic heterocycles. The van der Waals surface area contributed by atoms with Crippen molar-refractivity contribution in [2.24, 2.45) is 0 Å². The minimum Gasteiger partial charge on any atom is -0.422 e. The fourth-order valence-corrected chi connectivity index (χ4v) is 4.07. The molecule has 1 aliphatic heterocycles.